The first-order valence-corrected chi connectivity index (χ1v) is 10.3. The normalized spacial score (nSPS) is 28.2. The number of rotatable bonds is 7. The minimum Gasteiger partial charge on any atom is -0.463 e. The van der Waals surface area contributed by atoms with Crippen molar-refractivity contribution < 1.29 is 24.8 Å². The fraction of sp³-hybridized carbons (Fsp3) is 0.737. The predicted octanol–water partition coefficient (Wildman–Crippen LogP) is 0.759. The number of nitrogen functional groups attached to an aromatic ring is 1. The number of nitrogens with two attached hydrogens (primary N) is 1. The van der Waals surface area contributed by atoms with Crippen molar-refractivity contribution in [3.05, 3.63) is 6.33 Å². The van der Waals surface area contributed by atoms with E-state index in [2.05, 4.69) is 15.0 Å². The summed E-state index contributed by atoms with van der Waals surface area (Å²) in [4.78, 5) is 12.7. The number of anilines is 1. The summed E-state index contributed by atoms with van der Waals surface area (Å²) in [5.74, 6) is 0.955. The van der Waals surface area contributed by atoms with Crippen molar-refractivity contribution in [3.63, 3.8) is 0 Å². The molecule has 10 heteroatoms. The summed E-state index contributed by atoms with van der Waals surface area (Å²) in [6, 6.07) is 0.145. The monoisotopic (exact) mass is 407 g/mol. The van der Waals surface area contributed by atoms with Gasteiger partial charge < -0.3 is 30.5 Å². The van der Waals surface area contributed by atoms with Gasteiger partial charge in [0.15, 0.2) is 23.2 Å². The van der Waals surface area contributed by atoms with Gasteiger partial charge in [-0.15, -0.1) is 0 Å². The van der Waals surface area contributed by atoms with Crippen LogP contribution in [0.5, 0.6) is 6.01 Å². The minimum absolute atomic E-state index is 0.145. The van der Waals surface area contributed by atoms with Crippen LogP contribution in [0.15, 0.2) is 6.33 Å². The van der Waals surface area contributed by atoms with E-state index < -0.39 is 31.1 Å². The summed E-state index contributed by atoms with van der Waals surface area (Å²) in [5.41, 5.74) is 6.71. The third-order valence-corrected chi connectivity index (χ3v) is 5.93. The van der Waals surface area contributed by atoms with Crippen LogP contribution in [0.3, 0.4) is 0 Å². The van der Waals surface area contributed by atoms with E-state index in [0.717, 1.165) is 18.8 Å². The quantitative estimate of drug-likeness (QED) is 0.488. The Bertz CT molecular complexity index is 825. The second-order valence-corrected chi connectivity index (χ2v) is 7.94. The van der Waals surface area contributed by atoms with Crippen LogP contribution in [0.2, 0.25) is 0 Å². The van der Waals surface area contributed by atoms with E-state index in [9.17, 15) is 15.3 Å². The average molecular weight is 407 g/mol. The molecule has 1 unspecified atom stereocenters. The molecule has 3 heterocycles. The van der Waals surface area contributed by atoms with E-state index >= 15 is 0 Å². The van der Waals surface area contributed by atoms with Gasteiger partial charge in [-0.1, -0.05) is 32.1 Å². The number of hydrogen-bond donors (Lipinski definition) is 4. The summed E-state index contributed by atoms with van der Waals surface area (Å²) in [5, 5.41) is 29.6. The zero-order valence-electron chi connectivity index (χ0n) is 16.4. The molecule has 1 saturated carbocycles. The maximum absolute atomic E-state index is 10.3. The van der Waals surface area contributed by atoms with Crippen molar-refractivity contribution >= 4 is 17.0 Å². The number of aliphatic hydroxyl groups is 3. The molecule has 2 fully saturated rings. The Morgan fingerprint density at radius 2 is 1.97 bits per heavy atom. The molecule has 1 saturated heterocycles. The Labute approximate surface area is 168 Å². The van der Waals surface area contributed by atoms with E-state index in [0.29, 0.717) is 17.8 Å². The highest BCUT2D eigenvalue weighted by atomic mass is 16.6. The third kappa shape index (κ3) is 4.16. The molecule has 0 amide bonds. The fourth-order valence-electron chi connectivity index (χ4n) is 4.29. The SMILES string of the molecule is Nc1nc(OCCCC2CCCCC2)nc2c1ncn2C1O[C@H](CO)[C@@H](O)[C@H]1O. The molecule has 2 aliphatic rings. The van der Waals surface area contributed by atoms with Crippen molar-refractivity contribution in [2.24, 2.45) is 5.92 Å². The molecule has 4 rings (SSSR count). The third-order valence-electron chi connectivity index (χ3n) is 5.93. The lowest BCUT2D eigenvalue weighted by Crippen LogP contribution is -2.33. The minimum atomic E-state index is -1.24. The van der Waals surface area contributed by atoms with Gasteiger partial charge in [0.1, 0.15) is 18.3 Å². The fourth-order valence-corrected chi connectivity index (χ4v) is 4.29. The molecule has 1 aliphatic carbocycles. The van der Waals surface area contributed by atoms with Gasteiger partial charge >= 0.3 is 6.01 Å². The molecule has 160 valence electrons. The standard InChI is InChI=1S/C19H29N5O5/c20-16-13-17(24(10-21-13)18-15(27)14(26)12(9-25)29-18)23-19(22-16)28-8-4-7-11-5-2-1-3-6-11/h10-12,14-15,18,25-27H,1-9H2,(H2,20,22,23)/t12-,14-,15-,18?/m1/s1. The number of ether oxygens (including phenoxy) is 2. The van der Waals surface area contributed by atoms with E-state index in [4.69, 9.17) is 15.2 Å². The Morgan fingerprint density at radius 1 is 1.17 bits per heavy atom. The molecule has 5 N–H and O–H groups in total. The first-order valence-electron chi connectivity index (χ1n) is 10.3. The number of fused-ring (bicyclic) bond motifs is 1. The van der Waals surface area contributed by atoms with Gasteiger partial charge in [0.2, 0.25) is 0 Å². The summed E-state index contributed by atoms with van der Waals surface area (Å²) in [6.45, 7) is 0.0945. The highest BCUT2D eigenvalue weighted by molar-refractivity contribution is 5.82. The smallest absolute Gasteiger partial charge is 0.320 e. The van der Waals surface area contributed by atoms with Gasteiger partial charge in [0.05, 0.1) is 19.5 Å². The Kier molecular flexibility index (Phi) is 6.14. The number of aliphatic hydroxyl groups excluding tert-OH is 3. The highest BCUT2D eigenvalue weighted by Crippen LogP contribution is 2.32. The number of hydrogen-bond acceptors (Lipinski definition) is 9. The molecular weight excluding hydrogens is 378 g/mol. The largest absolute Gasteiger partial charge is 0.463 e. The predicted molar refractivity (Wildman–Crippen MR) is 104 cm³/mol. The lowest BCUT2D eigenvalue weighted by atomic mass is 9.86. The molecule has 0 radical (unpaired) electrons. The van der Waals surface area contributed by atoms with Gasteiger partial charge in [-0.3, -0.25) is 4.57 Å². The van der Waals surface area contributed by atoms with E-state index in [-0.39, 0.29) is 11.8 Å². The Balaban J connectivity index is 1.45. The van der Waals surface area contributed by atoms with Gasteiger partial charge in [0.25, 0.3) is 0 Å². The van der Waals surface area contributed by atoms with Crippen LogP contribution >= 0.6 is 0 Å². The van der Waals surface area contributed by atoms with Gasteiger partial charge in [0, 0.05) is 0 Å². The molecule has 4 atom stereocenters. The number of imidazole rings is 1. The van der Waals surface area contributed by atoms with Gasteiger partial charge in [-0.05, 0) is 18.8 Å². The van der Waals surface area contributed by atoms with Crippen molar-refractivity contribution in [2.45, 2.75) is 69.5 Å². The first kappa shape index (κ1) is 20.3. The van der Waals surface area contributed by atoms with Crippen LogP contribution in [-0.2, 0) is 4.74 Å². The van der Waals surface area contributed by atoms with Crippen molar-refractivity contribution in [2.75, 3.05) is 18.9 Å². The molecule has 10 nitrogen and oxygen atoms in total. The van der Waals surface area contributed by atoms with Crippen LogP contribution in [0.4, 0.5) is 5.82 Å². The van der Waals surface area contributed by atoms with E-state index in [1.165, 1.54) is 43.0 Å². The average Bonchev–Trinajstić information content (AvgIpc) is 3.28. The van der Waals surface area contributed by atoms with Crippen LogP contribution in [0.25, 0.3) is 11.2 Å². The lowest BCUT2D eigenvalue weighted by Gasteiger charge is -2.21. The second-order valence-electron chi connectivity index (χ2n) is 7.94. The van der Waals surface area contributed by atoms with Crippen LogP contribution in [-0.4, -0.2) is 66.4 Å². The molecule has 2 aromatic heterocycles. The maximum atomic E-state index is 10.3. The van der Waals surface area contributed by atoms with Gasteiger partial charge in [-0.2, -0.15) is 9.97 Å². The van der Waals surface area contributed by atoms with Crippen LogP contribution in [0, 0.1) is 5.92 Å². The first-order chi connectivity index (χ1) is 14.1. The molecule has 0 aromatic carbocycles. The molecule has 2 aromatic rings. The molecule has 0 bridgehead atoms. The highest BCUT2D eigenvalue weighted by Gasteiger charge is 2.44. The van der Waals surface area contributed by atoms with Crippen molar-refractivity contribution in [3.8, 4) is 6.01 Å². The Morgan fingerprint density at radius 3 is 2.69 bits per heavy atom. The Hall–Kier alpha value is -2.01. The molecule has 1 aliphatic heterocycles. The summed E-state index contributed by atoms with van der Waals surface area (Å²) in [6.07, 6.45) is 5.82. The summed E-state index contributed by atoms with van der Waals surface area (Å²) >= 11 is 0. The zero-order valence-corrected chi connectivity index (χ0v) is 16.4. The van der Waals surface area contributed by atoms with Crippen molar-refractivity contribution in [1.29, 1.82) is 0 Å². The number of aromatic nitrogens is 4. The molecule has 29 heavy (non-hydrogen) atoms. The lowest BCUT2D eigenvalue weighted by molar-refractivity contribution is -0.0511. The summed E-state index contributed by atoms with van der Waals surface area (Å²) in [7, 11) is 0. The topological polar surface area (TPSA) is 149 Å². The van der Waals surface area contributed by atoms with Crippen molar-refractivity contribution in [1.82, 2.24) is 19.5 Å². The zero-order chi connectivity index (χ0) is 20.4. The van der Waals surface area contributed by atoms with Gasteiger partial charge in [-0.25, -0.2) is 4.98 Å². The second kappa shape index (κ2) is 8.78. The number of nitrogens with zero attached hydrogens (tertiary/aromatic N) is 4. The maximum Gasteiger partial charge on any atom is 0.320 e. The van der Waals surface area contributed by atoms with E-state index in [1.54, 1.807) is 0 Å². The van der Waals surface area contributed by atoms with E-state index in [1.807, 2.05) is 0 Å². The molecular formula is C19H29N5O5. The summed E-state index contributed by atoms with van der Waals surface area (Å²) < 4.78 is 12.8. The molecule has 0 spiro atoms. The van der Waals surface area contributed by atoms with Crippen LogP contribution in [0.1, 0.15) is 51.2 Å². The van der Waals surface area contributed by atoms with Crippen LogP contribution < -0.4 is 10.5 Å².